The molecule has 1 aromatic heterocycles. The maximum atomic E-state index is 13.6. The standard InChI is InChI=1S/C28H33N3O3/c1-22-18-29-13-12-25(22)20-34-21-26(32)19-30-14-16-31(17-15-30)28(33)27(23-8-4-2-5-9-23)24-10-6-3-7-11-24/h2-13,18,26-27,32H,14-17,19-21H2,1H3. The third kappa shape index (κ3) is 6.29. The van der Waals surface area contributed by atoms with Gasteiger partial charge in [-0.3, -0.25) is 14.7 Å². The highest BCUT2D eigenvalue weighted by Gasteiger charge is 2.30. The van der Waals surface area contributed by atoms with E-state index >= 15 is 0 Å². The van der Waals surface area contributed by atoms with Crippen molar-refractivity contribution >= 4 is 5.91 Å². The summed E-state index contributed by atoms with van der Waals surface area (Å²) in [6.07, 6.45) is 3.00. The lowest BCUT2D eigenvalue weighted by Gasteiger charge is -2.37. The number of amides is 1. The van der Waals surface area contributed by atoms with Gasteiger partial charge in [-0.25, -0.2) is 0 Å². The Bertz CT molecular complexity index is 998. The number of pyridine rings is 1. The van der Waals surface area contributed by atoms with E-state index in [9.17, 15) is 9.90 Å². The van der Waals surface area contributed by atoms with Gasteiger partial charge in [-0.1, -0.05) is 60.7 Å². The molecule has 1 atom stereocenters. The molecule has 6 nitrogen and oxygen atoms in total. The summed E-state index contributed by atoms with van der Waals surface area (Å²) in [6.45, 7) is 6.07. The summed E-state index contributed by atoms with van der Waals surface area (Å²) < 4.78 is 5.72. The van der Waals surface area contributed by atoms with Crippen LogP contribution in [0.1, 0.15) is 28.2 Å². The van der Waals surface area contributed by atoms with E-state index in [4.69, 9.17) is 4.74 Å². The van der Waals surface area contributed by atoms with E-state index in [1.165, 1.54) is 0 Å². The first-order valence-electron chi connectivity index (χ1n) is 11.9. The molecule has 0 bridgehead atoms. The molecule has 1 amide bonds. The van der Waals surface area contributed by atoms with Crippen molar-refractivity contribution in [3.05, 3.63) is 101 Å². The molecule has 1 N–H and O–H groups in total. The Hall–Kier alpha value is -3.06. The summed E-state index contributed by atoms with van der Waals surface area (Å²) in [4.78, 5) is 21.8. The minimum absolute atomic E-state index is 0.133. The van der Waals surface area contributed by atoms with Crippen LogP contribution < -0.4 is 0 Å². The van der Waals surface area contributed by atoms with E-state index in [-0.39, 0.29) is 18.4 Å². The number of aromatic nitrogens is 1. The number of aryl methyl sites for hydroxylation is 1. The summed E-state index contributed by atoms with van der Waals surface area (Å²) in [7, 11) is 0. The molecule has 178 valence electrons. The molecule has 34 heavy (non-hydrogen) atoms. The van der Waals surface area contributed by atoms with Crippen LogP contribution in [0.5, 0.6) is 0 Å². The number of ether oxygens (including phenoxy) is 1. The van der Waals surface area contributed by atoms with Crippen LogP contribution in [-0.4, -0.2) is 71.2 Å². The fourth-order valence-electron chi connectivity index (χ4n) is 4.42. The number of aliphatic hydroxyl groups is 1. The number of rotatable bonds is 9. The number of hydrogen-bond acceptors (Lipinski definition) is 5. The Morgan fingerprint density at radius 1 is 0.971 bits per heavy atom. The zero-order chi connectivity index (χ0) is 23.8. The van der Waals surface area contributed by atoms with Crippen LogP contribution in [0.2, 0.25) is 0 Å². The maximum absolute atomic E-state index is 13.6. The van der Waals surface area contributed by atoms with Crippen LogP contribution in [0, 0.1) is 6.92 Å². The number of piperazine rings is 1. The molecule has 1 saturated heterocycles. The van der Waals surface area contributed by atoms with Gasteiger partial charge in [0.2, 0.25) is 5.91 Å². The van der Waals surface area contributed by atoms with E-state index in [1.807, 2.05) is 84.8 Å². The molecule has 1 unspecified atom stereocenters. The first-order chi connectivity index (χ1) is 16.6. The lowest BCUT2D eigenvalue weighted by Crippen LogP contribution is -2.51. The SMILES string of the molecule is Cc1cnccc1COCC(O)CN1CCN(C(=O)C(c2ccccc2)c2ccccc2)CC1. The predicted octanol–water partition coefficient (Wildman–Crippen LogP) is 3.24. The number of aliphatic hydroxyl groups excluding tert-OH is 1. The van der Waals surface area contributed by atoms with Gasteiger partial charge in [0.25, 0.3) is 0 Å². The monoisotopic (exact) mass is 459 g/mol. The molecule has 4 rings (SSSR count). The fourth-order valence-corrected chi connectivity index (χ4v) is 4.42. The van der Waals surface area contributed by atoms with Crippen molar-refractivity contribution in [1.82, 2.24) is 14.8 Å². The molecule has 2 aromatic carbocycles. The molecule has 1 aliphatic rings. The van der Waals surface area contributed by atoms with Gasteiger partial charge >= 0.3 is 0 Å². The highest BCUT2D eigenvalue weighted by molar-refractivity contribution is 5.87. The highest BCUT2D eigenvalue weighted by atomic mass is 16.5. The summed E-state index contributed by atoms with van der Waals surface area (Å²) in [5.74, 6) is -0.168. The minimum atomic E-state index is -0.564. The summed E-state index contributed by atoms with van der Waals surface area (Å²) in [6, 6.07) is 21.9. The minimum Gasteiger partial charge on any atom is -0.389 e. The van der Waals surface area contributed by atoms with Crippen molar-refractivity contribution in [3.63, 3.8) is 0 Å². The largest absolute Gasteiger partial charge is 0.389 e. The van der Waals surface area contributed by atoms with Crippen molar-refractivity contribution in [3.8, 4) is 0 Å². The fraction of sp³-hybridized carbons (Fsp3) is 0.357. The average Bonchev–Trinajstić information content (AvgIpc) is 2.87. The summed E-state index contributed by atoms with van der Waals surface area (Å²) >= 11 is 0. The Labute approximate surface area is 201 Å². The zero-order valence-electron chi connectivity index (χ0n) is 19.7. The van der Waals surface area contributed by atoms with Gasteiger partial charge in [0.1, 0.15) is 0 Å². The van der Waals surface area contributed by atoms with E-state index in [1.54, 1.807) is 6.20 Å². The van der Waals surface area contributed by atoms with Crippen molar-refractivity contribution in [2.24, 2.45) is 0 Å². The molecule has 0 aliphatic carbocycles. The number of benzene rings is 2. The summed E-state index contributed by atoms with van der Waals surface area (Å²) in [5, 5.41) is 10.4. The zero-order valence-corrected chi connectivity index (χ0v) is 19.7. The molecular weight excluding hydrogens is 426 g/mol. The second kappa shape index (κ2) is 11.9. The lowest BCUT2D eigenvalue weighted by atomic mass is 9.90. The molecule has 3 aromatic rings. The molecule has 1 fully saturated rings. The number of carbonyl (C=O) groups excluding carboxylic acids is 1. The van der Waals surface area contributed by atoms with E-state index in [2.05, 4.69) is 9.88 Å². The van der Waals surface area contributed by atoms with Gasteiger partial charge in [0, 0.05) is 45.1 Å². The second-order valence-corrected chi connectivity index (χ2v) is 8.85. The van der Waals surface area contributed by atoms with Crippen LogP contribution in [0.4, 0.5) is 0 Å². The molecule has 1 aliphatic heterocycles. The van der Waals surface area contributed by atoms with Crippen molar-refractivity contribution < 1.29 is 14.6 Å². The Morgan fingerprint density at radius 2 is 1.59 bits per heavy atom. The van der Waals surface area contributed by atoms with Gasteiger partial charge in [-0.05, 0) is 35.2 Å². The first kappa shape index (κ1) is 24.1. The average molecular weight is 460 g/mol. The van der Waals surface area contributed by atoms with Crippen LogP contribution >= 0.6 is 0 Å². The van der Waals surface area contributed by atoms with Crippen LogP contribution in [-0.2, 0) is 16.1 Å². The Kier molecular flexibility index (Phi) is 8.41. The van der Waals surface area contributed by atoms with E-state index < -0.39 is 6.10 Å². The lowest BCUT2D eigenvalue weighted by molar-refractivity contribution is -0.133. The third-order valence-corrected chi connectivity index (χ3v) is 6.37. The highest BCUT2D eigenvalue weighted by Crippen LogP contribution is 2.27. The first-order valence-corrected chi connectivity index (χ1v) is 11.9. The number of carbonyl (C=O) groups is 1. The smallest absolute Gasteiger partial charge is 0.234 e. The molecule has 0 saturated carbocycles. The number of β-amino-alcohol motifs (C(OH)–C–C–N with tert-alkyl or cyclic N) is 1. The Balaban J connectivity index is 1.28. The van der Waals surface area contributed by atoms with Gasteiger partial charge < -0.3 is 14.7 Å². The molecule has 6 heteroatoms. The van der Waals surface area contributed by atoms with Crippen LogP contribution in [0.15, 0.2) is 79.1 Å². The van der Waals surface area contributed by atoms with Gasteiger partial charge in [-0.15, -0.1) is 0 Å². The molecule has 0 radical (unpaired) electrons. The number of hydrogen-bond donors (Lipinski definition) is 1. The van der Waals surface area contributed by atoms with Gasteiger partial charge in [0.15, 0.2) is 0 Å². The summed E-state index contributed by atoms with van der Waals surface area (Å²) in [5.41, 5.74) is 4.19. The van der Waals surface area contributed by atoms with Gasteiger partial charge in [-0.2, -0.15) is 0 Å². The number of nitrogens with zero attached hydrogens (tertiary/aromatic N) is 3. The molecular formula is C28H33N3O3. The van der Waals surface area contributed by atoms with Crippen LogP contribution in [0.3, 0.4) is 0 Å². The van der Waals surface area contributed by atoms with Gasteiger partial charge in [0.05, 0.1) is 25.2 Å². The third-order valence-electron chi connectivity index (χ3n) is 6.37. The maximum Gasteiger partial charge on any atom is 0.234 e. The molecule has 2 heterocycles. The van der Waals surface area contributed by atoms with Crippen molar-refractivity contribution in [2.75, 3.05) is 39.3 Å². The van der Waals surface area contributed by atoms with Crippen molar-refractivity contribution in [1.29, 1.82) is 0 Å². The normalized spacial score (nSPS) is 15.4. The molecule has 0 spiro atoms. The van der Waals surface area contributed by atoms with E-state index in [0.717, 1.165) is 35.3 Å². The quantitative estimate of drug-likeness (QED) is 0.532. The second-order valence-electron chi connectivity index (χ2n) is 8.85. The topological polar surface area (TPSA) is 65.9 Å². The van der Waals surface area contributed by atoms with Crippen molar-refractivity contribution in [2.45, 2.75) is 25.6 Å². The Morgan fingerprint density at radius 3 is 2.18 bits per heavy atom. The van der Waals surface area contributed by atoms with Crippen LogP contribution in [0.25, 0.3) is 0 Å². The predicted molar refractivity (Wildman–Crippen MR) is 132 cm³/mol. The van der Waals surface area contributed by atoms with E-state index in [0.29, 0.717) is 26.2 Å².